The molecular formula is C12H18. The topological polar surface area (TPSA) is 0 Å². The molecule has 0 aromatic carbocycles. The number of hydrogen-bond donors (Lipinski definition) is 0. The third-order valence-electron chi connectivity index (χ3n) is 2.79. The van der Waals surface area contributed by atoms with Crippen molar-refractivity contribution in [2.75, 3.05) is 0 Å². The van der Waals surface area contributed by atoms with Crippen LogP contribution in [0.15, 0.2) is 29.5 Å². The summed E-state index contributed by atoms with van der Waals surface area (Å²) in [5.74, 6) is 0. The van der Waals surface area contributed by atoms with E-state index in [1.54, 1.807) is 0 Å². The average molecular weight is 162 g/mol. The van der Waals surface area contributed by atoms with Crippen molar-refractivity contribution in [3.63, 3.8) is 0 Å². The molecule has 0 unspecified atom stereocenters. The zero-order chi connectivity index (χ0) is 9.19. The minimum Gasteiger partial charge on any atom is -0.128 e. The van der Waals surface area contributed by atoms with E-state index in [1.165, 1.54) is 30.4 Å². The quantitative estimate of drug-likeness (QED) is 0.514. The lowest BCUT2D eigenvalue weighted by molar-refractivity contribution is 0.377. The van der Waals surface area contributed by atoms with Gasteiger partial charge in [0, 0.05) is 0 Å². The molecule has 1 aliphatic rings. The fraction of sp³-hybridized carbons (Fsp3) is 0.583. The highest BCUT2D eigenvalue weighted by Crippen LogP contribution is 2.40. The summed E-state index contributed by atoms with van der Waals surface area (Å²) >= 11 is 0. The van der Waals surface area contributed by atoms with E-state index in [0.717, 1.165) is 0 Å². The molecule has 0 aliphatic heterocycles. The predicted molar refractivity (Wildman–Crippen MR) is 54.0 cm³/mol. The SMILES string of the molecule is C=C=CC1=C(C)CCCC1(C)C. The van der Waals surface area contributed by atoms with Crippen molar-refractivity contribution in [2.24, 2.45) is 5.41 Å². The fourth-order valence-electron chi connectivity index (χ4n) is 2.06. The second-order valence-corrected chi connectivity index (χ2v) is 4.28. The van der Waals surface area contributed by atoms with E-state index in [9.17, 15) is 0 Å². The van der Waals surface area contributed by atoms with Gasteiger partial charge in [-0.2, -0.15) is 0 Å². The normalized spacial score (nSPS) is 21.9. The maximum Gasteiger partial charge on any atom is -0.00979 e. The Morgan fingerprint density at radius 1 is 1.50 bits per heavy atom. The lowest BCUT2D eigenvalue weighted by Crippen LogP contribution is -2.18. The summed E-state index contributed by atoms with van der Waals surface area (Å²) in [6, 6.07) is 0. The second kappa shape index (κ2) is 3.33. The van der Waals surface area contributed by atoms with Crippen molar-refractivity contribution in [1.82, 2.24) is 0 Å². The van der Waals surface area contributed by atoms with Gasteiger partial charge in [0.25, 0.3) is 0 Å². The van der Waals surface area contributed by atoms with E-state index in [-0.39, 0.29) is 0 Å². The lowest BCUT2D eigenvalue weighted by atomic mass is 9.73. The van der Waals surface area contributed by atoms with Crippen molar-refractivity contribution in [1.29, 1.82) is 0 Å². The molecule has 0 radical (unpaired) electrons. The molecule has 0 heterocycles. The standard InChI is InChI=1S/C12H18/c1-5-7-11-10(2)8-6-9-12(11,3)4/h7H,1,6,8-9H2,2-4H3. The van der Waals surface area contributed by atoms with Gasteiger partial charge in [-0.1, -0.05) is 26.0 Å². The summed E-state index contributed by atoms with van der Waals surface area (Å²) < 4.78 is 0. The van der Waals surface area contributed by atoms with Crippen LogP contribution in [0.25, 0.3) is 0 Å². The van der Waals surface area contributed by atoms with Crippen molar-refractivity contribution in [3.8, 4) is 0 Å². The third-order valence-corrected chi connectivity index (χ3v) is 2.79. The van der Waals surface area contributed by atoms with Gasteiger partial charge in [0.2, 0.25) is 0 Å². The van der Waals surface area contributed by atoms with Gasteiger partial charge in [-0.05, 0) is 43.3 Å². The zero-order valence-corrected chi connectivity index (χ0v) is 8.41. The zero-order valence-electron chi connectivity index (χ0n) is 8.41. The van der Waals surface area contributed by atoms with E-state index in [0.29, 0.717) is 5.41 Å². The molecule has 0 amide bonds. The molecule has 0 heteroatoms. The Bertz CT molecular complexity index is 247. The molecule has 0 N–H and O–H groups in total. The fourth-order valence-corrected chi connectivity index (χ4v) is 2.06. The Morgan fingerprint density at radius 2 is 2.17 bits per heavy atom. The van der Waals surface area contributed by atoms with Gasteiger partial charge in [-0.3, -0.25) is 0 Å². The van der Waals surface area contributed by atoms with Crippen LogP contribution in [0.1, 0.15) is 40.0 Å². The largest absolute Gasteiger partial charge is 0.128 e. The van der Waals surface area contributed by atoms with Gasteiger partial charge in [0.1, 0.15) is 0 Å². The van der Waals surface area contributed by atoms with Crippen molar-refractivity contribution in [3.05, 3.63) is 29.5 Å². The van der Waals surface area contributed by atoms with Gasteiger partial charge >= 0.3 is 0 Å². The Balaban J connectivity index is 3.08. The summed E-state index contributed by atoms with van der Waals surface area (Å²) in [7, 11) is 0. The molecule has 66 valence electrons. The van der Waals surface area contributed by atoms with Crippen molar-refractivity contribution < 1.29 is 0 Å². The Labute approximate surface area is 75.7 Å². The highest BCUT2D eigenvalue weighted by Gasteiger charge is 2.26. The van der Waals surface area contributed by atoms with Gasteiger partial charge in [0.05, 0.1) is 0 Å². The lowest BCUT2D eigenvalue weighted by Gasteiger charge is -2.32. The maximum atomic E-state index is 3.64. The molecule has 0 aromatic heterocycles. The van der Waals surface area contributed by atoms with Crippen LogP contribution in [0.2, 0.25) is 0 Å². The van der Waals surface area contributed by atoms with Crippen LogP contribution < -0.4 is 0 Å². The average Bonchev–Trinajstić information content (AvgIpc) is 1.97. The van der Waals surface area contributed by atoms with Crippen LogP contribution in [0, 0.1) is 5.41 Å². The minimum absolute atomic E-state index is 0.340. The Hall–Kier alpha value is -0.740. The van der Waals surface area contributed by atoms with Crippen LogP contribution in [0.3, 0.4) is 0 Å². The molecule has 0 bridgehead atoms. The highest BCUT2D eigenvalue weighted by atomic mass is 14.3. The summed E-state index contributed by atoms with van der Waals surface area (Å²) in [5, 5.41) is 0. The first-order chi connectivity index (χ1) is 5.58. The summed E-state index contributed by atoms with van der Waals surface area (Å²) in [6.45, 7) is 10.5. The summed E-state index contributed by atoms with van der Waals surface area (Å²) in [5.41, 5.74) is 6.19. The predicted octanol–water partition coefficient (Wildman–Crippen LogP) is 3.85. The molecule has 0 saturated heterocycles. The molecular weight excluding hydrogens is 144 g/mol. The molecule has 0 atom stereocenters. The first-order valence-electron chi connectivity index (χ1n) is 4.64. The van der Waals surface area contributed by atoms with Gasteiger partial charge < -0.3 is 0 Å². The first kappa shape index (κ1) is 9.35. The number of allylic oxidation sites excluding steroid dienone is 3. The van der Waals surface area contributed by atoms with E-state index in [2.05, 4.69) is 39.2 Å². The van der Waals surface area contributed by atoms with Crippen LogP contribution in [0.5, 0.6) is 0 Å². The highest BCUT2D eigenvalue weighted by molar-refractivity contribution is 5.31. The van der Waals surface area contributed by atoms with Gasteiger partial charge in [-0.15, -0.1) is 5.73 Å². The third kappa shape index (κ3) is 1.70. The van der Waals surface area contributed by atoms with Gasteiger partial charge in [0.15, 0.2) is 0 Å². The monoisotopic (exact) mass is 162 g/mol. The Kier molecular flexibility index (Phi) is 2.59. The second-order valence-electron chi connectivity index (χ2n) is 4.28. The van der Waals surface area contributed by atoms with E-state index >= 15 is 0 Å². The molecule has 1 rings (SSSR count). The first-order valence-corrected chi connectivity index (χ1v) is 4.64. The minimum atomic E-state index is 0.340. The molecule has 0 saturated carbocycles. The van der Waals surface area contributed by atoms with Crippen LogP contribution >= 0.6 is 0 Å². The molecule has 1 aliphatic carbocycles. The van der Waals surface area contributed by atoms with Crippen molar-refractivity contribution >= 4 is 0 Å². The van der Waals surface area contributed by atoms with E-state index in [4.69, 9.17) is 0 Å². The molecule has 12 heavy (non-hydrogen) atoms. The summed E-state index contributed by atoms with van der Waals surface area (Å²) in [6.07, 6.45) is 5.91. The molecule has 0 aromatic rings. The molecule has 0 nitrogen and oxygen atoms in total. The van der Waals surface area contributed by atoms with E-state index < -0.39 is 0 Å². The number of rotatable bonds is 1. The van der Waals surface area contributed by atoms with E-state index in [1.807, 2.05) is 0 Å². The maximum absolute atomic E-state index is 3.64. The molecule has 0 spiro atoms. The Morgan fingerprint density at radius 3 is 2.67 bits per heavy atom. The smallest absolute Gasteiger partial charge is 0.00979 e. The van der Waals surface area contributed by atoms with Crippen LogP contribution in [-0.2, 0) is 0 Å². The van der Waals surface area contributed by atoms with Crippen LogP contribution in [0.4, 0.5) is 0 Å². The number of hydrogen-bond acceptors (Lipinski definition) is 0. The van der Waals surface area contributed by atoms with Crippen LogP contribution in [-0.4, -0.2) is 0 Å². The molecule has 0 fully saturated rings. The van der Waals surface area contributed by atoms with Crippen molar-refractivity contribution in [2.45, 2.75) is 40.0 Å². The summed E-state index contributed by atoms with van der Waals surface area (Å²) in [4.78, 5) is 0. The van der Waals surface area contributed by atoms with Gasteiger partial charge in [-0.25, -0.2) is 0 Å².